The van der Waals surface area contributed by atoms with Gasteiger partial charge in [-0.15, -0.1) is 0 Å². The van der Waals surface area contributed by atoms with Gasteiger partial charge in [0.2, 0.25) is 0 Å². The lowest BCUT2D eigenvalue weighted by Gasteiger charge is -2.10. The molecule has 19 heavy (non-hydrogen) atoms. The van der Waals surface area contributed by atoms with Gasteiger partial charge in [0, 0.05) is 12.4 Å². The first-order valence-electron chi connectivity index (χ1n) is 7.37. The summed E-state index contributed by atoms with van der Waals surface area (Å²) in [5.74, 6) is -2.38. The van der Waals surface area contributed by atoms with E-state index in [-0.39, 0.29) is 21.4 Å². The second kappa shape index (κ2) is 6.59. The van der Waals surface area contributed by atoms with E-state index in [1.807, 2.05) is 0 Å². The Morgan fingerprint density at radius 3 is 2.74 bits per heavy atom. The molecule has 102 valence electrons. The number of rotatable bonds is 6. The van der Waals surface area contributed by atoms with Crippen LogP contribution >= 0.6 is 23.2 Å². The Labute approximate surface area is 127 Å². The van der Waals surface area contributed by atoms with E-state index in [0.717, 1.165) is 6.07 Å². The third-order valence-electron chi connectivity index (χ3n) is 2.07. The molecule has 6 heteroatoms. The highest BCUT2D eigenvalue weighted by Gasteiger charge is 2.18. The Hall–Kier alpha value is -1.52. The molecule has 0 aliphatic carbocycles. The zero-order valence-corrected chi connectivity index (χ0v) is 11.0. The Morgan fingerprint density at radius 1 is 1.47 bits per heavy atom. The number of halogens is 2. The second-order valence-corrected chi connectivity index (χ2v) is 4.11. The van der Waals surface area contributed by atoms with Gasteiger partial charge in [0.1, 0.15) is 10.8 Å². The van der Waals surface area contributed by atoms with E-state index < -0.39 is 37.2 Å². The average Bonchev–Trinajstić information content (AvgIpc) is 2.46. The molecule has 0 spiro atoms. The molecule has 0 amide bonds. The van der Waals surface area contributed by atoms with E-state index in [1.165, 1.54) is 6.07 Å². The van der Waals surface area contributed by atoms with Crippen molar-refractivity contribution in [3.63, 3.8) is 0 Å². The maximum Gasteiger partial charge on any atom is 0.341 e. The van der Waals surface area contributed by atoms with Gasteiger partial charge >= 0.3 is 5.97 Å². The summed E-state index contributed by atoms with van der Waals surface area (Å²) in [6.07, 6.45) is -2.96. The van der Waals surface area contributed by atoms with Crippen LogP contribution in [0.25, 0.3) is 0 Å². The maximum absolute atomic E-state index is 12.3. The van der Waals surface area contributed by atoms with Crippen molar-refractivity contribution in [3.05, 3.63) is 39.9 Å². The van der Waals surface area contributed by atoms with Crippen molar-refractivity contribution in [2.75, 3.05) is 6.61 Å². The number of carbonyl (C=O) groups is 2. The topological polar surface area (TPSA) is 63.6 Å². The molecule has 0 heterocycles. The van der Waals surface area contributed by atoms with Gasteiger partial charge in [0.25, 0.3) is 0 Å². The van der Waals surface area contributed by atoms with Gasteiger partial charge in [-0.3, -0.25) is 4.79 Å². The van der Waals surface area contributed by atoms with Crippen LogP contribution in [0.4, 0.5) is 0 Å². The summed E-state index contributed by atoms with van der Waals surface area (Å²) < 4.78 is 41.5. The van der Waals surface area contributed by atoms with Crippen molar-refractivity contribution in [2.24, 2.45) is 0 Å². The van der Waals surface area contributed by atoms with Gasteiger partial charge in [-0.05, 0) is 24.1 Å². The largest absolute Gasteiger partial charge is 0.480 e. The first-order chi connectivity index (χ1) is 10.8. The molecule has 1 N–H and O–H groups in total. The molecule has 0 fully saturated rings. The van der Waals surface area contributed by atoms with Crippen molar-refractivity contribution >= 4 is 35.0 Å². The van der Waals surface area contributed by atoms with Crippen LogP contribution in [0.15, 0.2) is 24.3 Å². The highest BCUT2D eigenvalue weighted by atomic mass is 35.5. The fourth-order valence-corrected chi connectivity index (χ4v) is 1.64. The summed E-state index contributed by atoms with van der Waals surface area (Å²) in [6, 6.07) is 2.29. The standard InChI is InChI=1S/C13H12Cl2O4/c1-3-7(2)13(18)8-4-5-9(12(15)11(8)14)19-6-10(16)17/h4-5H,2-3,6H2,1H3,(H,16,17)/i1D3,3D2,6+1,10+1. The zero-order valence-electron chi connectivity index (χ0n) is 14.5. The Bertz CT molecular complexity index is 700. The molecule has 0 saturated heterocycles. The van der Waals surface area contributed by atoms with Crippen molar-refractivity contribution in [3.8, 4) is 5.75 Å². The van der Waals surface area contributed by atoms with Crippen LogP contribution < -0.4 is 4.74 Å². The minimum atomic E-state index is -3.10. The molecule has 1 aromatic carbocycles. The van der Waals surface area contributed by atoms with E-state index in [9.17, 15) is 9.59 Å². The van der Waals surface area contributed by atoms with Gasteiger partial charge < -0.3 is 9.84 Å². The number of carbonyl (C=O) groups excluding carboxylic acids is 1. The van der Waals surface area contributed by atoms with Crippen LogP contribution in [0.5, 0.6) is 5.75 Å². The summed E-state index contributed by atoms with van der Waals surface area (Å²) in [5.41, 5.74) is -1.08. The fourth-order valence-electron chi connectivity index (χ4n) is 1.18. The number of Topliss-reactive ketones (excluding diaryl/α,β-unsaturated/α-hetero) is 1. The summed E-state index contributed by atoms with van der Waals surface area (Å²) in [4.78, 5) is 22.8. The van der Waals surface area contributed by atoms with E-state index in [2.05, 4.69) is 6.58 Å². The summed E-state index contributed by atoms with van der Waals surface area (Å²) in [6.45, 7) is -0.553. The quantitative estimate of drug-likeness (QED) is 0.495. The summed E-state index contributed by atoms with van der Waals surface area (Å²) >= 11 is 11.8. The van der Waals surface area contributed by atoms with Gasteiger partial charge in [0.15, 0.2) is 12.4 Å². The molecule has 0 atom stereocenters. The molecule has 1 rings (SSSR count). The summed E-state index contributed by atoms with van der Waals surface area (Å²) in [5, 5.41) is 7.97. The van der Waals surface area contributed by atoms with Crippen LogP contribution in [-0.2, 0) is 4.79 Å². The van der Waals surface area contributed by atoms with Gasteiger partial charge in [0.05, 0.1) is 5.02 Å². The van der Waals surface area contributed by atoms with E-state index in [4.69, 9.17) is 39.9 Å². The monoisotopic (exact) mass is 309 g/mol. The SMILES string of the molecule is [2H]C([2H])([2H])C([2H])([2H])C(=C)C(=O)c1ccc(O[13CH2][13C](=O)O)c(Cl)c1Cl. The number of carboxylic acids is 1. The number of ketones is 1. The van der Waals surface area contributed by atoms with E-state index in [0.29, 0.717) is 0 Å². The van der Waals surface area contributed by atoms with Crippen LogP contribution in [0.3, 0.4) is 0 Å². The molecule has 0 aliphatic heterocycles. The second-order valence-electron chi connectivity index (χ2n) is 3.35. The van der Waals surface area contributed by atoms with Crippen molar-refractivity contribution in [1.29, 1.82) is 0 Å². The molecular weight excluding hydrogens is 293 g/mol. The first-order valence-corrected chi connectivity index (χ1v) is 5.63. The predicted molar refractivity (Wildman–Crippen MR) is 73.4 cm³/mol. The third-order valence-corrected chi connectivity index (χ3v) is 2.93. The molecule has 0 radical (unpaired) electrons. The number of carboxylic acid groups (broad SMARTS) is 1. The number of ether oxygens (including phenoxy) is 1. The Kier molecular flexibility index (Phi) is 3.26. The lowest BCUT2D eigenvalue weighted by molar-refractivity contribution is -0.139. The van der Waals surface area contributed by atoms with Gasteiger partial charge in [-0.25, -0.2) is 4.79 Å². The van der Waals surface area contributed by atoms with Crippen molar-refractivity contribution in [2.45, 2.75) is 13.2 Å². The Morgan fingerprint density at radius 2 is 2.16 bits per heavy atom. The molecule has 0 saturated carbocycles. The van der Waals surface area contributed by atoms with Crippen LogP contribution in [-0.4, -0.2) is 23.5 Å². The van der Waals surface area contributed by atoms with Crippen LogP contribution in [0.1, 0.15) is 30.4 Å². The number of allylic oxidation sites excluding steroid dienone is 1. The molecule has 0 aromatic heterocycles. The molecule has 0 aliphatic rings. The minimum Gasteiger partial charge on any atom is -0.480 e. The molecule has 4 nitrogen and oxygen atoms in total. The molecular formula is C13H12Cl2O4. The minimum absolute atomic E-state index is 0.0925. The van der Waals surface area contributed by atoms with Crippen molar-refractivity contribution in [1.82, 2.24) is 0 Å². The zero-order chi connectivity index (χ0) is 18.9. The normalized spacial score (nSPS) is 15.4. The van der Waals surface area contributed by atoms with Gasteiger partial charge in [-0.1, -0.05) is 36.6 Å². The molecule has 0 bridgehead atoms. The van der Waals surface area contributed by atoms with Crippen LogP contribution in [0.2, 0.25) is 10.0 Å². The third kappa shape index (κ3) is 3.72. The average molecular weight is 310 g/mol. The summed E-state index contributed by atoms with van der Waals surface area (Å²) in [7, 11) is 0. The highest BCUT2D eigenvalue weighted by molar-refractivity contribution is 6.45. The first kappa shape index (κ1) is 9.39. The van der Waals surface area contributed by atoms with Crippen molar-refractivity contribution < 1.29 is 26.3 Å². The Balaban J connectivity index is 3.20. The highest BCUT2D eigenvalue weighted by Crippen LogP contribution is 2.35. The lowest BCUT2D eigenvalue weighted by Crippen LogP contribution is -2.10. The number of aliphatic carboxylic acids is 1. The van der Waals surface area contributed by atoms with E-state index >= 15 is 0 Å². The lowest BCUT2D eigenvalue weighted by atomic mass is 10.0. The van der Waals surface area contributed by atoms with Crippen LogP contribution in [0, 0.1) is 0 Å². The molecule has 0 unspecified atom stereocenters. The number of hydrogen-bond donors (Lipinski definition) is 1. The fraction of sp³-hybridized carbons (Fsp3) is 0.231. The maximum atomic E-state index is 12.3. The molecule has 1 aromatic rings. The van der Waals surface area contributed by atoms with E-state index in [1.54, 1.807) is 0 Å². The number of hydrogen-bond acceptors (Lipinski definition) is 3. The smallest absolute Gasteiger partial charge is 0.341 e. The predicted octanol–water partition coefficient (Wildman–Crippen LogP) is 3.61. The number of benzene rings is 1. The van der Waals surface area contributed by atoms with Gasteiger partial charge in [-0.2, -0.15) is 0 Å².